The lowest BCUT2D eigenvalue weighted by molar-refractivity contribution is 0.0961. The molecule has 2 aliphatic heterocycles. The zero-order chi connectivity index (χ0) is 14.8. The zero-order valence-corrected chi connectivity index (χ0v) is 13.4. The van der Waals surface area contributed by atoms with Crippen LogP contribution in [0.5, 0.6) is 0 Å². The van der Waals surface area contributed by atoms with Gasteiger partial charge in [-0.05, 0) is 45.0 Å². The lowest BCUT2D eigenvalue weighted by Gasteiger charge is -2.25. The number of nitrogens with zero attached hydrogens (tertiary/aromatic N) is 2. The average molecular weight is 307 g/mol. The number of carbonyl (C=O) groups is 1. The minimum Gasteiger partial charge on any atom is -0.301 e. The molecule has 3 nitrogen and oxygen atoms in total. The van der Waals surface area contributed by atoms with Crippen LogP contribution in [0.1, 0.15) is 36.0 Å². The normalized spacial score (nSPS) is 26.8. The molecule has 2 aliphatic rings. The number of carbonyl (C=O) groups excluding carboxylic acids is 1. The van der Waals surface area contributed by atoms with E-state index in [1.807, 2.05) is 18.2 Å². The fourth-order valence-corrected chi connectivity index (χ4v) is 3.91. The van der Waals surface area contributed by atoms with Crippen molar-refractivity contribution in [3.63, 3.8) is 0 Å². The van der Waals surface area contributed by atoms with E-state index in [1.165, 1.54) is 19.3 Å². The number of hydrogen-bond acceptors (Lipinski definition) is 3. The van der Waals surface area contributed by atoms with Crippen LogP contribution >= 0.6 is 11.6 Å². The van der Waals surface area contributed by atoms with Crippen molar-refractivity contribution in [2.45, 2.75) is 37.8 Å². The maximum Gasteiger partial charge on any atom is 0.165 e. The van der Waals surface area contributed by atoms with Gasteiger partial charge in [0.2, 0.25) is 0 Å². The summed E-state index contributed by atoms with van der Waals surface area (Å²) in [5, 5.41) is 0.567. The van der Waals surface area contributed by atoms with Gasteiger partial charge in [-0.2, -0.15) is 0 Å². The largest absolute Gasteiger partial charge is 0.301 e. The third-order valence-corrected chi connectivity index (χ3v) is 5.39. The first kappa shape index (κ1) is 15.0. The SMILES string of the molecule is CN1C2CCC1CN(CCC(=O)c1ccccc1Cl)CC2. The maximum atomic E-state index is 12.3. The standard InChI is InChI=1S/C17H23ClN2O/c1-19-13-6-7-14(19)12-20(10-8-13)11-9-17(21)15-4-2-3-5-16(15)18/h2-5,13-14H,6-12H2,1H3. The van der Waals surface area contributed by atoms with Crippen LogP contribution in [-0.4, -0.2) is 54.3 Å². The van der Waals surface area contributed by atoms with Gasteiger partial charge in [-0.1, -0.05) is 23.7 Å². The topological polar surface area (TPSA) is 23.6 Å². The summed E-state index contributed by atoms with van der Waals surface area (Å²) >= 11 is 6.10. The summed E-state index contributed by atoms with van der Waals surface area (Å²) in [4.78, 5) is 17.3. The third kappa shape index (κ3) is 3.31. The first-order valence-corrected chi connectivity index (χ1v) is 8.25. The highest BCUT2D eigenvalue weighted by molar-refractivity contribution is 6.33. The van der Waals surface area contributed by atoms with Gasteiger partial charge in [-0.15, -0.1) is 0 Å². The molecular weight excluding hydrogens is 284 g/mol. The predicted molar refractivity (Wildman–Crippen MR) is 86.0 cm³/mol. The molecular formula is C17H23ClN2O. The molecule has 1 aromatic carbocycles. The minimum absolute atomic E-state index is 0.156. The van der Waals surface area contributed by atoms with Crippen LogP contribution in [0.4, 0.5) is 0 Å². The van der Waals surface area contributed by atoms with E-state index in [-0.39, 0.29) is 5.78 Å². The van der Waals surface area contributed by atoms with Crippen molar-refractivity contribution in [3.05, 3.63) is 34.9 Å². The van der Waals surface area contributed by atoms with Gasteiger partial charge in [0.25, 0.3) is 0 Å². The van der Waals surface area contributed by atoms with E-state index in [2.05, 4.69) is 16.8 Å². The lowest BCUT2D eigenvalue weighted by atomic mass is 10.1. The van der Waals surface area contributed by atoms with E-state index >= 15 is 0 Å². The number of likely N-dealkylation sites (tertiary alicyclic amines) is 1. The van der Waals surface area contributed by atoms with E-state index in [1.54, 1.807) is 6.07 Å². The molecule has 0 N–H and O–H groups in total. The van der Waals surface area contributed by atoms with E-state index in [0.717, 1.165) is 25.7 Å². The molecule has 0 aliphatic carbocycles. The molecule has 2 fully saturated rings. The second kappa shape index (κ2) is 6.47. The van der Waals surface area contributed by atoms with Crippen molar-refractivity contribution in [1.29, 1.82) is 0 Å². The molecule has 2 atom stereocenters. The Morgan fingerprint density at radius 3 is 2.81 bits per heavy atom. The van der Waals surface area contributed by atoms with Gasteiger partial charge in [0.1, 0.15) is 0 Å². The third-order valence-electron chi connectivity index (χ3n) is 5.06. The quantitative estimate of drug-likeness (QED) is 0.799. The zero-order valence-electron chi connectivity index (χ0n) is 12.6. The minimum atomic E-state index is 0.156. The number of Topliss-reactive ketones (excluding diaryl/α,β-unsaturated/α-hetero) is 1. The highest BCUT2D eigenvalue weighted by atomic mass is 35.5. The Balaban J connectivity index is 1.56. The first-order valence-electron chi connectivity index (χ1n) is 7.87. The van der Waals surface area contributed by atoms with E-state index in [4.69, 9.17) is 11.6 Å². The highest BCUT2D eigenvalue weighted by Crippen LogP contribution is 2.28. The molecule has 114 valence electrons. The number of ketones is 1. The molecule has 1 aromatic rings. The number of rotatable bonds is 4. The van der Waals surface area contributed by atoms with Crippen molar-refractivity contribution in [3.8, 4) is 0 Å². The van der Waals surface area contributed by atoms with E-state index in [0.29, 0.717) is 23.0 Å². The van der Waals surface area contributed by atoms with Gasteiger partial charge in [0.05, 0.1) is 5.02 Å². The molecule has 0 amide bonds. The summed E-state index contributed by atoms with van der Waals surface area (Å²) in [5.41, 5.74) is 0.660. The fraction of sp³-hybridized carbons (Fsp3) is 0.588. The van der Waals surface area contributed by atoms with Crippen LogP contribution in [0.15, 0.2) is 24.3 Å². The fourth-order valence-electron chi connectivity index (χ4n) is 3.66. The molecule has 2 heterocycles. The molecule has 2 unspecified atom stereocenters. The monoisotopic (exact) mass is 306 g/mol. The predicted octanol–water partition coefficient (Wildman–Crippen LogP) is 3.08. The summed E-state index contributed by atoms with van der Waals surface area (Å²) in [6.45, 7) is 3.06. The van der Waals surface area contributed by atoms with Crippen molar-refractivity contribution < 1.29 is 4.79 Å². The van der Waals surface area contributed by atoms with Crippen molar-refractivity contribution >= 4 is 17.4 Å². The molecule has 21 heavy (non-hydrogen) atoms. The molecule has 0 saturated carbocycles. The summed E-state index contributed by atoms with van der Waals surface area (Å²) in [7, 11) is 2.25. The Bertz CT molecular complexity index is 519. The number of halogens is 1. The Kier molecular flexibility index (Phi) is 4.63. The second-order valence-corrected chi connectivity index (χ2v) is 6.70. The van der Waals surface area contributed by atoms with Gasteiger partial charge < -0.3 is 4.90 Å². The van der Waals surface area contributed by atoms with E-state index in [9.17, 15) is 4.79 Å². The molecule has 3 rings (SSSR count). The molecule has 0 radical (unpaired) electrons. The maximum absolute atomic E-state index is 12.3. The average Bonchev–Trinajstić information content (AvgIpc) is 2.72. The van der Waals surface area contributed by atoms with Crippen LogP contribution in [0, 0.1) is 0 Å². The second-order valence-electron chi connectivity index (χ2n) is 6.29. The number of likely N-dealkylation sites (N-methyl/N-ethyl adjacent to an activating group) is 1. The van der Waals surface area contributed by atoms with Gasteiger partial charge in [-0.3, -0.25) is 9.69 Å². The lowest BCUT2D eigenvalue weighted by Crippen LogP contribution is -2.37. The number of benzene rings is 1. The Morgan fingerprint density at radius 2 is 2.00 bits per heavy atom. The molecule has 0 aromatic heterocycles. The van der Waals surface area contributed by atoms with E-state index < -0.39 is 0 Å². The summed E-state index contributed by atoms with van der Waals surface area (Å²) in [5.74, 6) is 0.156. The number of hydrogen-bond donors (Lipinski definition) is 0. The van der Waals surface area contributed by atoms with Crippen molar-refractivity contribution in [1.82, 2.24) is 9.80 Å². The van der Waals surface area contributed by atoms with Crippen LogP contribution in [0.3, 0.4) is 0 Å². The molecule has 0 spiro atoms. The molecule has 2 saturated heterocycles. The van der Waals surface area contributed by atoms with Gasteiger partial charge in [-0.25, -0.2) is 0 Å². The summed E-state index contributed by atoms with van der Waals surface area (Å²) < 4.78 is 0. The summed E-state index contributed by atoms with van der Waals surface area (Å²) in [6, 6.07) is 8.77. The van der Waals surface area contributed by atoms with Crippen LogP contribution in [-0.2, 0) is 0 Å². The first-order chi connectivity index (χ1) is 10.1. The molecule has 2 bridgehead atoms. The smallest absolute Gasteiger partial charge is 0.165 e. The van der Waals surface area contributed by atoms with Crippen molar-refractivity contribution in [2.24, 2.45) is 0 Å². The van der Waals surface area contributed by atoms with Crippen LogP contribution < -0.4 is 0 Å². The summed E-state index contributed by atoms with van der Waals surface area (Å²) in [6.07, 6.45) is 4.43. The van der Waals surface area contributed by atoms with Gasteiger partial charge in [0, 0.05) is 37.2 Å². The Hall–Kier alpha value is -0.900. The van der Waals surface area contributed by atoms with Crippen molar-refractivity contribution in [2.75, 3.05) is 26.7 Å². The van der Waals surface area contributed by atoms with Gasteiger partial charge >= 0.3 is 0 Å². The van der Waals surface area contributed by atoms with Gasteiger partial charge in [0.15, 0.2) is 5.78 Å². The Morgan fingerprint density at radius 1 is 1.24 bits per heavy atom. The van der Waals surface area contributed by atoms with Crippen LogP contribution in [0.2, 0.25) is 5.02 Å². The number of fused-ring (bicyclic) bond motifs is 2. The van der Waals surface area contributed by atoms with Crippen LogP contribution in [0.25, 0.3) is 0 Å². The Labute approximate surface area is 131 Å². The highest BCUT2D eigenvalue weighted by Gasteiger charge is 2.34. The molecule has 4 heteroatoms.